The van der Waals surface area contributed by atoms with Gasteiger partial charge in [0.2, 0.25) is 0 Å². The molecule has 0 bridgehead atoms. The molecule has 0 amide bonds. The summed E-state index contributed by atoms with van der Waals surface area (Å²) in [4.78, 5) is 0. The molecule has 0 spiro atoms. The fourth-order valence-corrected chi connectivity index (χ4v) is 2.52. The third kappa shape index (κ3) is 2.22. The summed E-state index contributed by atoms with van der Waals surface area (Å²) in [5, 5.41) is 4.67. The fraction of sp³-hybridized carbons (Fsp3) is 0.357. The van der Waals surface area contributed by atoms with E-state index in [2.05, 4.69) is 39.2 Å². The highest BCUT2D eigenvalue weighted by Gasteiger charge is 2.26. The number of hydrogen-bond donors (Lipinski definition) is 1. The Bertz CT molecular complexity index is 570. The SMILES string of the molecule is CC(N)c1ccc(Br)cc1-n1ccc(C2CC2)n1. The van der Waals surface area contributed by atoms with E-state index in [1.807, 2.05) is 23.9 Å². The molecule has 2 N–H and O–H groups in total. The van der Waals surface area contributed by atoms with Gasteiger partial charge in [-0.05, 0) is 43.5 Å². The molecule has 0 aliphatic heterocycles. The Morgan fingerprint density at radius 3 is 2.83 bits per heavy atom. The highest BCUT2D eigenvalue weighted by atomic mass is 79.9. The van der Waals surface area contributed by atoms with Crippen LogP contribution in [0.15, 0.2) is 34.9 Å². The van der Waals surface area contributed by atoms with E-state index < -0.39 is 0 Å². The van der Waals surface area contributed by atoms with Crippen molar-refractivity contribution in [3.05, 3.63) is 46.2 Å². The first-order chi connectivity index (χ1) is 8.65. The molecule has 3 nitrogen and oxygen atoms in total. The molecule has 3 rings (SSSR count). The Labute approximate surface area is 115 Å². The Morgan fingerprint density at radius 1 is 1.39 bits per heavy atom. The van der Waals surface area contributed by atoms with Crippen LogP contribution in [0.1, 0.15) is 43.0 Å². The molecule has 18 heavy (non-hydrogen) atoms. The summed E-state index contributed by atoms with van der Waals surface area (Å²) in [5.41, 5.74) is 9.40. The van der Waals surface area contributed by atoms with E-state index in [9.17, 15) is 0 Å². The van der Waals surface area contributed by atoms with Gasteiger partial charge in [-0.25, -0.2) is 4.68 Å². The van der Waals surface area contributed by atoms with Crippen molar-refractivity contribution < 1.29 is 0 Å². The third-order valence-corrected chi connectivity index (χ3v) is 3.83. The van der Waals surface area contributed by atoms with Gasteiger partial charge in [0.15, 0.2) is 0 Å². The van der Waals surface area contributed by atoms with Gasteiger partial charge in [-0.15, -0.1) is 0 Å². The van der Waals surface area contributed by atoms with Gasteiger partial charge in [-0.3, -0.25) is 0 Å². The number of nitrogens with zero attached hydrogens (tertiary/aromatic N) is 2. The van der Waals surface area contributed by atoms with E-state index in [4.69, 9.17) is 5.73 Å². The molecule has 2 aromatic rings. The van der Waals surface area contributed by atoms with Crippen molar-refractivity contribution in [2.45, 2.75) is 31.7 Å². The first-order valence-corrected chi connectivity index (χ1v) is 7.05. The summed E-state index contributed by atoms with van der Waals surface area (Å²) in [6, 6.07) is 8.27. The fourth-order valence-electron chi connectivity index (χ4n) is 2.17. The molecule has 1 atom stereocenters. The van der Waals surface area contributed by atoms with Gasteiger partial charge in [-0.2, -0.15) is 5.10 Å². The number of rotatable bonds is 3. The van der Waals surface area contributed by atoms with Crippen LogP contribution in [0.5, 0.6) is 0 Å². The Morgan fingerprint density at radius 2 is 2.17 bits per heavy atom. The van der Waals surface area contributed by atoms with E-state index in [-0.39, 0.29) is 6.04 Å². The van der Waals surface area contributed by atoms with Crippen LogP contribution >= 0.6 is 15.9 Å². The van der Waals surface area contributed by atoms with Gasteiger partial charge in [0, 0.05) is 22.6 Å². The average Bonchev–Trinajstić information content (AvgIpc) is 3.07. The molecule has 0 saturated heterocycles. The highest BCUT2D eigenvalue weighted by molar-refractivity contribution is 9.10. The lowest BCUT2D eigenvalue weighted by atomic mass is 10.1. The van der Waals surface area contributed by atoms with Crippen molar-refractivity contribution in [2.75, 3.05) is 0 Å². The zero-order valence-corrected chi connectivity index (χ0v) is 11.9. The summed E-state index contributed by atoms with van der Waals surface area (Å²) >= 11 is 3.51. The number of aromatic nitrogens is 2. The minimum Gasteiger partial charge on any atom is -0.324 e. The second-order valence-corrected chi connectivity index (χ2v) is 5.87. The van der Waals surface area contributed by atoms with Crippen LogP contribution < -0.4 is 5.73 Å². The van der Waals surface area contributed by atoms with Crippen LogP contribution in [-0.4, -0.2) is 9.78 Å². The van der Waals surface area contributed by atoms with Crippen LogP contribution in [0.3, 0.4) is 0 Å². The van der Waals surface area contributed by atoms with Crippen molar-refractivity contribution in [2.24, 2.45) is 5.73 Å². The number of hydrogen-bond acceptors (Lipinski definition) is 2. The lowest BCUT2D eigenvalue weighted by Gasteiger charge is -2.13. The Kier molecular flexibility index (Phi) is 2.99. The van der Waals surface area contributed by atoms with Crippen molar-refractivity contribution >= 4 is 15.9 Å². The lowest BCUT2D eigenvalue weighted by molar-refractivity contribution is 0.771. The monoisotopic (exact) mass is 305 g/mol. The van der Waals surface area contributed by atoms with Crippen molar-refractivity contribution in [1.82, 2.24) is 9.78 Å². The lowest BCUT2D eigenvalue weighted by Crippen LogP contribution is -2.10. The standard InChI is InChI=1S/C14H16BrN3/c1-9(16)12-5-4-11(15)8-14(12)18-7-6-13(17-18)10-2-3-10/h4-10H,2-3,16H2,1H3. The van der Waals surface area contributed by atoms with Gasteiger partial charge in [0.25, 0.3) is 0 Å². The van der Waals surface area contributed by atoms with Crippen LogP contribution in [0, 0.1) is 0 Å². The zero-order valence-electron chi connectivity index (χ0n) is 10.3. The predicted molar refractivity (Wildman–Crippen MR) is 75.8 cm³/mol. The molecule has 4 heteroatoms. The molecule has 1 saturated carbocycles. The van der Waals surface area contributed by atoms with Crippen LogP contribution in [-0.2, 0) is 0 Å². The molecule has 1 aliphatic rings. The first kappa shape index (κ1) is 11.9. The maximum absolute atomic E-state index is 6.02. The van der Waals surface area contributed by atoms with Gasteiger partial charge in [0.05, 0.1) is 11.4 Å². The van der Waals surface area contributed by atoms with Crippen molar-refractivity contribution in [3.63, 3.8) is 0 Å². The molecular formula is C14H16BrN3. The molecule has 1 fully saturated rings. The maximum Gasteiger partial charge on any atom is 0.0704 e. The van der Waals surface area contributed by atoms with E-state index >= 15 is 0 Å². The average molecular weight is 306 g/mol. The summed E-state index contributed by atoms with van der Waals surface area (Å²) < 4.78 is 2.99. The van der Waals surface area contributed by atoms with Crippen LogP contribution in [0.4, 0.5) is 0 Å². The van der Waals surface area contributed by atoms with Gasteiger partial charge in [0.1, 0.15) is 0 Å². The molecule has 1 aromatic carbocycles. The minimum atomic E-state index is 0.00155. The largest absolute Gasteiger partial charge is 0.324 e. The molecule has 1 heterocycles. The van der Waals surface area contributed by atoms with Gasteiger partial charge < -0.3 is 5.73 Å². The normalized spacial score (nSPS) is 16.8. The van der Waals surface area contributed by atoms with E-state index in [1.54, 1.807) is 0 Å². The van der Waals surface area contributed by atoms with Crippen molar-refractivity contribution in [1.29, 1.82) is 0 Å². The predicted octanol–water partition coefficient (Wildman–Crippen LogP) is 3.53. The van der Waals surface area contributed by atoms with E-state index in [0.29, 0.717) is 5.92 Å². The number of nitrogens with two attached hydrogens (primary N) is 1. The molecule has 1 aromatic heterocycles. The third-order valence-electron chi connectivity index (χ3n) is 3.34. The summed E-state index contributed by atoms with van der Waals surface area (Å²) in [7, 11) is 0. The molecule has 1 aliphatic carbocycles. The molecule has 1 unspecified atom stereocenters. The summed E-state index contributed by atoms with van der Waals surface area (Å²) in [6.45, 7) is 2.00. The molecule has 94 valence electrons. The van der Waals surface area contributed by atoms with Crippen LogP contribution in [0.2, 0.25) is 0 Å². The van der Waals surface area contributed by atoms with E-state index in [1.165, 1.54) is 18.5 Å². The second kappa shape index (κ2) is 4.52. The molecule has 0 radical (unpaired) electrons. The van der Waals surface area contributed by atoms with Gasteiger partial charge >= 0.3 is 0 Å². The quantitative estimate of drug-likeness (QED) is 0.942. The molecular weight excluding hydrogens is 290 g/mol. The van der Waals surface area contributed by atoms with E-state index in [0.717, 1.165) is 15.7 Å². The second-order valence-electron chi connectivity index (χ2n) is 4.95. The first-order valence-electron chi connectivity index (χ1n) is 6.26. The smallest absolute Gasteiger partial charge is 0.0704 e. The minimum absolute atomic E-state index is 0.00155. The summed E-state index contributed by atoms with van der Waals surface area (Å²) in [5.74, 6) is 0.678. The summed E-state index contributed by atoms with van der Waals surface area (Å²) in [6.07, 6.45) is 4.58. The Balaban J connectivity index is 2.05. The zero-order chi connectivity index (χ0) is 12.7. The van der Waals surface area contributed by atoms with Crippen LogP contribution in [0.25, 0.3) is 5.69 Å². The highest BCUT2D eigenvalue weighted by Crippen LogP contribution is 2.39. The number of benzene rings is 1. The Hall–Kier alpha value is -1.13. The van der Waals surface area contributed by atoms with Gasteiger partial charge in [-0.1, -0.05) is 22.0 Å². The van der Waals surface area contributed by atoms with Crippen molar-refractivity contribution in [3.8, 4) is 5.69 Å². The number of halogens is 1. The topological polar surface area (TPSA) is 43.8 Å². The maximum atomic E-state index is 6.02.